The standard InChI is InChI=1S/C22H20F3N7O2/c1-12-10-31(14-4-2-13(23)3-5-14)9-8-30(12)11-17-27-20-15-6-7-16-19(34-22(24,25)33-16)18(15)28-21(26)32(20)29-17/h2-7,12H,8-11H2,1H3,(H2,26,28). The molecule has 1 unspecified atom stereocenters. The molecular weight excluding hydrogens is 451 g/mol. The van der Waals surface area contributed by atoms with Gasteiger partial charge in [0.15, 0.2) is 23.0 Å². The first-order chi connectivity index (χ1) is 16.3. The molecule has 2 N–H and O–H groups in total. The number of hydrogen-bond acceptors (Lipinski definition) is 8. The van der Waals surface area contributed by atoms with Gasteiger partial charge in [-0.15, -0.1) is 13.9 Å². The molecule has 34 heavy (non-hydrogen) atoms. The van der Waals surface area contributed by atoms with Gasteiger partial charge in [0.2, 0.25) is 5.95 Å². The highest BCUT2D eigenvalue weighted by molar-refractivity contribution is 5.97. The van der Waals surface area contributed by atoms with Crippen LogP contribution in [0.3, 0.4) is 0 Å². The number of nitrogens with zero attached hydrogens (tertiary/aromatic N) is 6. The molecule has 1 fully saturated rings. The molecule has 2 aromatic carbocycles. The predicted molar refractivity (Wildman–Crippen MR) is 117 cm³/mol. The highest BCUT2D eigenvalue weighted by atomic mass is 19.3. The molecule has 0 saturated carbocycles. The molecule has 1 atom stereocenters. The van der Waals surface area contributed by atoms with Crippen molar-refractivity contribution in [3.8, 4) is 11.5 Å². The molecule has 6 rings (SSSR count). The summed E-state index contributed by atoms with van der Waals surface area (Å²) in [5.74, 6) is -0.00533. The molecule has 2 aliphatic heterocycles. The lowest BCUT2D eigenvalue weighted by atomic mass is 10.1. The topological polar surface area (TPSA) is 94.0 Å². The van der Waals surface area contributed by atoms with E-state index in [1.165, 1.54) is 22.7 Å². The SMILES string of the molecule is CC1CN(c2ccc(F)cc2)CCN1Cc1nc2c3ccc4c(c3nc(N)n2n1)OC(F)(F)O4. The third-order valence-corrected chi connectivity index (χ3v) is 6.18. The van der Waals surface area contributed by atoms with Gasteiger partial charge in [0.1, 0.15) is 11.3 Å². The first kappa shape index (κ1) is 20.8. The summed E-state index contributed by atoms with van der Waals surface area (Å²) in [4.78, 5) is 13.3. The van der Waals surface area contributed by atoms with Crippen molar-refractivity contribution in [3.05, 3.63) is 48.0 Å². The molecule has 0 aliphatic carbocycles. The summed E-state index contributed by atoms with van der Waals surface area (Å²) in [7, 11) is 0. The van der Waals surface area contributed by atoms with Crippen LogP contribution in [0.5, 0.6) is 11.5 Å². The molecule has 2 aliphatic rings. The highest BCUT2D eigenvalue weighted by Crippen LogP contribution is 2.45. The largest absolute Gasteiger partial charge is 0.586 e. The van der Waals surface area contributed by atoms with Crippen molar-refractivity contribution in [2.45, 2.75) is 25.8 Å². The molecule has 4 aromatic rings. The lowest BCUT2D eigenvalue weighted by Gasteiger charge is -2.40. The quantitative estimate of drug-likeness (QED) is 0.488. The molecule has 12 heteroatoms. The van der Waals surface area contributed by atoms with Gasteiger partial charge >= 0.3 is 6.29 Å². The Morgan fingerprint density at radius 3 is 2.65 bits per heavy atom. The number of piperazine rings is 1. The number of halogens is 3. The maximum Gasteiger partial charge on any atom is 0.586 e. The van der Waals surface area contributed by atoms with Crippen molar-refractivity contribution in [2.24, 2.45) is 0 Å². The van der Waals surface area contributed by atoms with Crippen molar-refractivity contribution in [1.29, 1.82) is 0 Å². The number of fused-ring (bicyclic) bond motifs is 5. The highest BCUT2D eigenvalue weighted by Gasteiger charge is 2.45. The van der Waals surface area contributed by atoms with E-state index in [4.69, 9.17) is 5.73 Å². The average Bonchev–Trinajstić information content (AvgIpc) is 3.36. The fourth-order valence-corrected chi connectivity index (χ4v) is 4.51. The minimum atomic E-state index is -3.76. The zero-order valence-corrected chi connectivity index (χ0v) is 18.1. The van der Waals surface area contributed by atoms with Gasteiger partial charge in [-0.05, 0) is 43.3 Å². The second-order valence-corrected chi connectivity index (χ2v) is 8.43. The number of benzene rings is 2. The number of ether oxygens (including phenoxy) is 2. The van der Waals surface area contributed by atoms with Crippen molar-refractivity contribution in [2.75, 3.05) is 30.3 Å². The minimum Gasteiger partial charge on any atom is -0.395 e. The van der Waals surface area contributed by atoms with Crippen LogP contribution < -0.4 is 20.1 Å². The summed E-state index contributed by atoms with van der Waals surface area (Å²) in [6.07, 6.45) is -3.76. The number of hydrogen-bond donors (Lipinski definition) is 1. The monoisotopic (exact) mass is 471 g/mol. The van der Waals surface area contributed by atoms with Crippen LogP contribution in [0.4, 0.5) is 24.8 Å². The Morgan fingerprint density at radius 1 is 1.09 bits per heavy atom. The second kappa shape index (κ2) is 7.35. The number of nitrogens with two attached hydrogens (primary N) is 1. The number of aromatic nitrogens is 4. The normalized spacial score (nSPS) is 19.9. The maximum atomic E-state index is 13.6. The van der Waals surface area contributed by atoms with Gasteiger partial charge < -0.3 is 20.1 Å². The Hall–Kier alpha value is -3.80. The molecule has 0 spiro atoms. The van der Waals surface area contributed by atoms with Crippen LogP contribution in [0, 0.1) is 5.82 Å². The molecule has 2 aromatic heterocycles. The van der Waals surface area contributed by atoms with E-state index in [0.29, 0.717) is 23.4 Å². The van der Waals surface area contributed by atoms with Crippen LogP contribution in [0.1, 0.15) is 12.7 Å². The van der Waals surface area contributed by atoms with Gasteiger partial charge in [-0.1, -0.05) is 0 Å². The summed E-state index contributed by atoms with van der Waals surface area (Å²) in [5, 5.41) is 4.98. The fourth-order valence-electron chi connectivity index (χ4n) is 4.51. The number of alkyl halides is 2. The first-order valence-electron chi connectivity index (χ1n) is 10.8. The number of anilines is 2. The molecule has 0 amide bonds. The van der Waals surface area contributed by atoms with Gasteiger partial charge in [0, 0.05) is 36.7 Å². The van der Waals surface area contributed by atoms with E-state index in [9.17, 15) is 13.2 Å². The van der Waals surface area contributed by atoms with Crippen molar-refractivity contribution >= 4 is 28.2 Å². The van der Waals surface area contributed by atoms with Gasteiger partial charge in [0.05, 0.1) is 6.54 Å². The minimum absolute atomic E-state index is 0.00245. The summed E-state index contributed by atoms with van der Waals surface area (Å²) in [6, 6.07) is 9.65. The van der Waals surface area contributed by atoms with E-state index in [1.54, 1.807) is 18.2 Å². The third kappa shape index (κ3) is 3.41. The van der Waals surface area contributed by atoms with Gasteiger partial charge in [0.25, 0.3) is 0 Å². The van der Waals surface area contributed by atoms with E-state index in [0.717, 1.165) is 25.3 Å². The van der Waals surface area contributed by atoms with Crippen LogP contribution in [-0.4, -0.2) is 56.5 Å². The van der Waals surface area contributed by atoms with Crippen molar-refractivity contribution in [3.63, 3.8) is 0 Å². The zero-order chi connectivity index (χ0) is 23.6. The fraction of sp³-hybridized carbons (Fsp3) is 0.318. The van der Waals surface area contributed by atoms with Gasteiger partial charge in [-0.25, -0.2) is 14.4 Å². The second-order valence-electron chi connectivity index (χ2n) is 8.43. The van der Waals surface area contributed by atoms with Gasteiger partial charge in [-0.2, -0.15) is 4.52 Å². The van der Waals surface area contributed by atoms with Crippen LogP contribution in [0.2, 0.25) is 0 Å². The molecule has 0 bridgehead atoms. The van der Waals surface area contributed by atoms with E-state index >= 15 is 0 Å². The Bertz CT molecular complexity index is 1410. The molecule has 0 radical (unpaired) electrons. The molecule has 9 nitrogen and oxygen atoms in total. The van der Waals surface area contributed by atoms with Crippen LogP contribution in [-0.2, 0) is 6.54 Å². The third-order valence-electron chi connectivity index (χ3n) is 6.18. The summed E-state index contributed by atoms with van der Waals surface area (Å²) < 4.78 is 50.9. The van der Waals surface area contributed by atoms with E-state index in [2.05, 4.69) is 41.3 Å². The molecule has 4 heterocycles. The van der Waals surface area contributed by atoms with Crippen molar-refractivity contribution < 1.29 is 22.6 Å². The van der Waals surface area contributed by atoms with E-state index in [-0.39, 0.29) is 34.8 Å². The van der Waals surface area contributed by atoms with Gasteiger partial charge in [-0.3, -0.25) is 4.90 Å². The van der Waals surface area contributed by atoms with Crippen molar-refractivity contribution in [1.82, 2.24) is 24.5 Å². The summed E-state index contributed by atoms with van der Waals surface area (Å²) in [5.41, 5.74) is 7.59. The Morgan fingerprint density at radius 2 is 1.88 bits per heavy atom. The average molecular weight is 471 g/mol. The lowest BCUT2D eigenvalue weighted by Crippen LogP contribution is -2.51. The lowest BCUT2D eigenvalue weighted by molar-refractivity contribution is -0.286. The number of nitrogen functional groups attached to an aromatic ring is 1. The first-order valence-corrected chi connectivity index (χ1v) is 10.8. The van der Waals surface area contributed by atoms with Crippen LogP contribution >= 0.6 is 0 Å². The predicted octanol–water partition coefficient (Wildman–Crippen LogP) is 3.03. The Balaban J connectivity index is 1.27. The van der Waals surface area contributed by atoms with E-state index < -0.39 is 6.29 Å². The smallest absolute Gasteiger partial charge is 0.395 e. The molecule has 1 saturated heterocycles. The summed E-state index contributed by atoms with van der Waals surface area (Å²) in [6.45, 7) is 4.88. The maximum absolute atomic E-state index is 13.6. The zero-order valence-electron chi connectivity index (χ0n) is 18.1. The molecular formula is C22H20F3N7O2. The van der Waals surface area contributed by atoms with Crippen LogP contribution in [0.25, 0.3) is 16.6 Å². The molecule has 176 valence electrons. The Kier molecular flexibility index (Phi) is 4.49. The number of rotatable bonds is 3. The van der Waals surface area contributed by atoms with E-state index in [1.807, 2.05) is 0 Å². The van der Waals surface area contributed by atoms with Crippen LogP contribution in [0.15, 0.2) is 36.4 Å². The summed E-state index contributed by atoms with van der Waals surface area (Å²) >= 11 is 0. The Labute approximate surface area is 191 Å².